The number of rotatable bonds is 4. The van der Waals surface area contributed by atoms with E-state index in [9.17, 15) is 0 Å². The molecule has 3 nitrogen and oxygen atoms in total. The molecule has 0 N–H and O–H groups in total. The van der Waals surface area contributed by atoms with Crippen LogP contribution in [-0.2, 0) is 19.9 Å². The van der Waals surface area contributed by atoms with Crippen LogP contribution in [0.2, 0.25) is 0 Å². The Kier molecular flexibility index (Phi) is 4.30. The number of nitrogens with zero attached hydrogens (tertiary/aromatic N) is 2. The third-order valence-electron chi connectivity index (χ3n) is 3.41. The fourth-order valence-electron chi connectivity index (χ4n) is 2.18. The zero-order chi connectivity index (χ0) is 14.0. The third-order valence-corrected chi connectivity index (χ3v) is 4.40. The minimum atomic E-state index is 0.833. The molecule has 1 heterocycles. The highest BCUT2D eigenvalue weighted by Gasteiger charge is 2.11. The molecule has 0 saturated carbocycles. The molecule has 0 atom stereocenters. The maximum atomic E-state index is 5.36. The smallest absolute Gasteiger partial charge is 0.122 e. The van der Waals surface area contributed by atoms with Gasteiger partial charge in [0.1, 0.15) is 16.2 Å². The number of imidazole rings is 1. The van der Waals surface area contributed by atoms with Gasteiger partial charge in [-0.3, -0.25) is 0 Å². The van der Waals surface area contributed by atoms with Crippen LogP contribution in [0.15, 0.2) is 22.8 Å². The van der Waals surface area contributed by atoms with Gasteiger partial charge in [0.15, 0.2) is 0 Å². The van der Waals surface area contributed by atoms with Crippen molar-refractivity contribution in [1.82, 2.24) is 9.55 Å². The van der Waals surface area contributed by atoms with Crippen LogP contribution in [0.4, 0.5) is 0 Å². The molecule has 0 fully saturated rings. The average molecular weight is 323 g/mol. The van der Waals surface area contributed by atoms with Crippen molar-refractivity contribution in [2.75, 3.05) is 7.11 Å². The molecule has 1 aromatic carbocycles. The van der Waals surface area contributed by atoms with Crippen LogP contribution in [0.1, 0.15) is 29.6 Å². The lowest BCUT2D eigenvalue weighted by atomic mass is 10.0. The van der Waals surface area contributed by atoms with E-state index in [4.69, 9.17) is 4.74 Å². The first-order valence-electron chi connectivity index (χ1n) is 6.40. The van der Waals surface area contributed by atoms with Crippen molar-refractivity contribution in [3.05, 3.63) is 45.4 Å². The summed E-state index contributed by atoms with van der Waals surface area (Å²) in [6.07, 6.45) is 1.80. The molecule has 0 aliphatic rings. The van der Waals surface area contributed by atoms with Gasteiger partial charge in [0.2, 0.25) is 0 Å². The van der Waals surface area contributed by atoms with Gasteiger partial charge in [-0.25, -0.2) is 4.98 Å². The van der Waals surface area contributed by atoms with Crippen molar-refractivity contribution in [2.24, 2.45) is 7.05 Å². The first-order chi connectivity index (χ1) is 9.06. The van der Waals surface area contributed by atoms with Gasteiger partial charge in [-0.1, -0.05) is 19.1 Å². The highest BCUT2D eigenvalue weighted by atomic mass is 79.9. The molecular weight excluding hydrogens is 304 g/mol. The summed E-state index contributed by atoms with van der Waals surface area (Å²) < 4.78 is 8.47. The second-order valence-electron chi connectivity index (χ2n) is 4.63. The summed E-state index contributed by atoms with van der Waals surface area (Å²) in [5.74, 6) is 1.98. The SMILES string of the molecule is CCc1cc(Cc2nc(C)n(C)c2Br)ccc1OC. The molecule has 0 unspecified atom stereocenters. The molecule has 0 amide bonds. The van der Waals surface area contributed by atoms with E-state index in [1.807, 2.05) is 20.0 Å². The van der Waals surface area contributed by atoms with Gasteiger partial charge in [0, 0.05) is 13.5 Å². The van der Waals surface area contributed by atoms with E-state index in [1.54, 1.807) is 7.11 Å². The minimum Gasteiger partial charge on any atom is -0.496 e. The lowest BCUT2D eigenvalue weighted by Crippen LogP contribution is -1.95. The number of ether oxygens (including phenoxy) is 1. The summed E-state index contributed by atoms with van der Waals surface area (Å²) in [6.45, 7) is 4.15. The molecule has 0 aliphatic carbocycles. The van der Waals surface area contributed by atoms with Gasteiger partial charge in [-0.2, -0.15) is 0 Å². The molecule has 0 aliphatic heterocycles. The lowest BCUT2D eigenvalue weighted by Gasteiger charge is -2.08. The topological polar surface area (TPSA) is 27.1 Å². The van der Waals surface area contributed by atoms with Crippen LogP contribution in [0.25, 0.3) is 0 Å². The highest BCUT2D eigenvalue weighted by Crippen LogP contribution is 2.24. The maximum Gasteiger partial charge on any atom is 0.122 e. The summed E-state index contributed by atoms with van der Waals surface area (Å²) in [5, 5.41) is 0. The number of benzene rings is 1. The van der Waals surface area contributed by atoms with E-state index < -0.39 is 0 Å². The second-order valence-corrected chi connectivity index (χ2v) is 5.38. The van der Waals surface area contributed by atoms with Crippen LogP contribution in [0.5, 0.6) is 5.75 Å². The Labute approximate surface area is 122 Å². The standard InChI is InChI=1S/C15H19BrN2O/c1-5-12-8-11(6-7-14(12)19-4)9-13-15(16)18(3)10(2)17-13/h6-8H,5,9H2,1-4H3. The summed E-state index contributed by atoms with van der Waals surface area (Å²) in [5.41, 5.74) is 3.58. The fourth-order valence-corrected chi connectivity index (χ4v) is 2.66. The molecule has 0 bridgehead atoms. The van der Waals surface area contributed by atoms with E-state index in [0.717, 1.165) is 34.7 Å². The van der Waals surface area contributed by atoms with Crippen molar-refractivity contribution in [2.45, 2.75) is 26.7 Å². The largest absolute Gasteiger partial charge is 0.496 e. The van der Waals surface area contributed by atoms with Gasteiger partial charge in [-0.05, 0) is 46.5 Å². The number of aryl methyl sites for hydroxylation is 2. The van der Waals surface area contributed by atoms with E-state index >= 15 is 0 Å². The normalized spacial score (nSPS) is 10.8. The molecule has 0 saturated heterocycles. The Morgan fingerprint density at radius 3 is 2.63 bits per heavy atom. The van der Waals surface area contributed by atoms with E-state index in [-0.39, 0.29) is 0 Å². The molecular formula is C15H19BrN2O. The van der Waals surface area contributed by atoms with Crippen molar-refractivity contribution in [3.8, 4) is 5.75 Å². The molecule has 19 heavy (non-hydrogen) atoms. The monoisotopic (exact) mass is 322 g/mol. The summed E-state index contributed by atoms with van der Waals surface area (Å²) in [7, 11) is 3.73. The van der Waals surface area contributed by atoms with Crippen LogP contribution in [0.3, 0.4) is 0 Å². The van der Waals surface area contributed by atoms with Crippen molar-refractivity contribution < 1.29 is 4.74 Å². The zero-order valence-corrected chi connectivity index (χ0v) is 13.4. The summed E-state index contributed by atoms with van der Waals surface area (Å²) in [4.78, 5) is 4.59. The summed E-state index contributed by atoms with van der Waals surface area (Å²) >= 11 is 3.60. The maximum absolute atomic E-state index is 5.36. The number of hydrogen-bond acceptors (Lipinski definition) is 2. The highest BCUT2D eigenvalue weighted by molar-refractivity contribution is 9.10. The predicted molar refractivity (Wildman–Crippen MR) is 80.8 cm³/mol. The molecule has 2 rings (SSSR count). The van der Waals surface area contributed by atoms with Crippen LogP contribution >= 0.6 is 15.9 Å². The zero-order valence-electron chi connectivity index (χ0n) is 11.8. The van der Waals surface area contributed by atoms with Crippen LogP contribution in [-0.4, -0.2) is 16.7 Å². The average Bonchev–Trinajstić information content (AvgIpc) is 2.66. The van der Waals surface area contributed by atoms with Gasteiger partial charge in [0.05, 0.1) is 12.8 Å². The molecule has 0 spiro atoms. The quantitative estimate of drug-likeness (QED) is 0.859. The Hall–Kier alpha value is -1.29. The van der Waals surface area contributed by atoms with Crippen molar-refractivity contribution in [3.63, 3.8) is 0 Å². The second kappa shape index (κ2) is 5.78. The van der Waals surface area contributed by atoms with Gasteiger partial charge < -0.3 is 9.30 Å². The Bertz CT molecular complexity index is 590. The van der Waals surface area contributed by atoms with E-state index in [2.05, 4.69) is 44.5 Å². The van der Waals surface area contributed by atoms with Crippen molar-refractivity contribution >= 4 is 15.9 Å². The molecule has 1 aromatic heterocycles. The first-order valence-corrected chi connectivity index (χ1v) is 7.19. The Morgan fingerprint density at radius 1 is 1.37 bits per heavy atom. The van der Waals surface area contributed by atoms with Crippen molar-refractivity contribution in [1.29, 1.82) is 0 Å². The number of hydrogen-bond donors (Lipinski definition) is 0. The van der Waals surface area contributed by atoms with E-state index in [1.165, 1.54) is 11.1 Å². The fraction of sp³-hybridized carbons (Fsp3) is 0.400. The number of aromatic nitrogens is 2. The van der Waals surface area contributed by atoms with Gasteiger partial charge in [-0.15, -0.1) is 0 Å². The molecule has 4 heteroatoms. The lowest BCUT2D eigenvalue weighted by molar-refractivity contribution is 0.410. The Morgan fingerprint density at radius 2 is 2.11 bits per heavy atom. The minimum absolute atomic E-state index is 0.833. The van der Waals surface area contributed by atoms with Gasteiger partial charge >= 0.3 is 0 Å². The number of halogens is 1. The first kappa shape index (κ1) is 14.1. The van der Waals surface area contributed by atoms with E-state index in [0.29, 0.717) is 0 Å². The third kappa shape index (κ3) is 2.84. The Balaban J connectivity index is 2.30. The van der Waals surface area contributed by atoms with Crippen LogP contribution in [0, 0.1) is 6.92 Å². The van der Waals surface area contributed by atoms with Crippen LogP contribution < -0.4 is 4.74 Å². The molecule has 102 valence electrons. The molecule has 2 aromatic rings. The number of methoxy groups -OCH3 is 1. The summed E-state index contributed by atoms with van der Waals surface area (Å²) in [6, 6.07) is 6.35. The molecule has 0 radical (unpaired) electrons. The predicted octanol–water partition coefficient (Wildman–Crippen LogP) is 3.65. The van der Waals surface area contributed by atoms with Gasteiger partial charge in [0.25, 0.3) is 0 Å².